The fourth-order valence-corrected chi connectivity index (χ4v) is 1.73. The molecule has 0 bridgehead atoms. The first-order valence-corrected chi connectivity index (χ1v) is 6.90. The van der Waals surface area contributed by atoms with E-state index >= 15 is 0 Å². The van der Waals surface area contributed by atoms with E-state index in [1.807, 2.05) is 55.5 Å². The number of ether oxygens (including phenoxy) is 2. The largest absolute Gasteiger partial charge is 0.493 e. The highest BCUT2D eigenvalue weighted by Gasteiger charge is 2.11. The van der Waals surface area contributed by atoms with E-state index in [2.05, 4.69) is 20.8 Å². The van der Waals surface area contributed by atoms with E-state index in [0.717, 1.165) is 22.8 Å². The average molecular weight is 270 g/mol. The van der Waals surface area contributed by atoms with Crippen molar-refractivity contribution < 1.29 is 9.47 Å². The lowest BCUT2D eigenvalue weighted by molar-refractivity contribution is 0.197. The summed E-state index contributed by atoms with van der Waals surface area (Å²) in [5.41, 5.74) is 1.26. The second-order valence-corrected chi connectivity index (χ2v) is 6.19. The summed E-state index contributed by atoms with van der Waals surface area (Å²) in [5, 5.41) is 0. The molecule has 0 aliphatic carbocycles. The molecule has 0 heterocycles. The molecule has 0 saturated carbocycles. The molecule has 0 N–H and O–H groups in total. The van der Waals surface area contributed by atoms with Crippen molar-refractivity contribution >= 4 is 0 Å². The van der Waals surface area contributed by atoms with Gasteiger partial charge in [-0.15, -0.1) is 0 Å². The smallest absolute Gasteiger partial charge is 0.131 e. The molecule has 0 aliphatic heterocycles. The van der Waals surface area contributed by atoms with Crippen molar-refractivity contribution in [2.75, 3.05) is 6.61 Å². The summed E-state index contributed by atoms with van der Waals surface area (Å²) in [4.78, 5) is 0. The molecule has 2 aromatic rings. The molecule has 0 radical (unpaired) electrons. The molecule has 0 amide bonds. The quantitative estimate of drug-likeness (QED) is 0.759. The Labute approximate surface area is 121 Å². The minimum Gasteiger partial charge on any atom is -0.493 e. The summed E-state index contributed by atoms with van der Waals surface area (Å²) < 4.78 is 11.7. The van der Waals surface area contributed by atoms with Crippen LogP contribution in [-0.2, 0) is 0 Å². The Hall–Kier alpha value is -1.96. The highest BCUT2D eigenvalue weighted by atomic mass is 16.5. The van der Waals surface area contributed by atoms with Crippen LogP contribution in [0.5, 0.6) is 17.2 Å². The standard InChI is InChI=1S/C18H22O2/c1-14-8-5-6-11-17(14)20-16-10-7-9-15(12-16)19-13-18(2,3)4/h5-12H,13H2,1-4H3. The number of rotatable bonds is 4. The SMILES string of the molecule is Cc1ccccc1Oc1cccc(OCC(C)(C)C)c1. The van der Waals surface area contributed by atoms with Gasteiger partial charge in [-0.3, -0.25) is 0 Å². The van der Waals surface area contributed by atoms with Crippen molar-refractivity contribution in [2.45, 2.75) is 27.7 Å². The molecular weight excluding hydrogens is 248 g/mol. The number of aryl methyl sites for hydroxylation is 1. The maximum Gasteiger partial charge on any atom is 0.131 e. The molecule has 0 saturated heterocycles. The van der Waals surface area contributed by atoms with Gasteiger partial charge in [-0.25, -0.2) is 0 Å². The van der Waals surface area contributed by atoms with Crippen LogP contribution in [0.25, 0.3) is 0 Å². The second kappa shape index (κ2) is 6.00. The third-order valence-corrected chi connectivity index (χ3v) is 2.80. The normalized spacial score (nSPS) is 11.2. The van der Waals surface area contributed by atoms with Crippen molar-refractivity contribution in [3.8, 4) is 17.2 Å². The zero-order valence-corrected chi connectivity index (χ0v) is 12.6. The topological polar surface area (TPSA) is 18.5 Å². The van der Waals surface area contributed by atoms with Crippen LogP contribution in [-0.4, -0.2) is 6.61 Å². The molecule has 2 heteroatoms. The van der Waals surface area contributed by atoms with E-state index in [1.165, 1.54) is 0 Å². The van der Waals surface area contributed by atoms with Gasteiger partial charge in [0.05, 0.1) is 6.61 Å². The molecule has 2 rings (SSSR count). The third kappa shape index (κ3) is 4.30. The molecule has 2 aromatic carbocycles. The van der Waals surface area contributed by atoms with Gasteiger partial charge < -0.3 is 9.47 Å². The Morgan fingerprint density at radius 2 is 1.60 bits per heavy atom. The summed E-state index contributed by atoms with van der Waals surface area (Å²) in [5.74, 6) is 2.51. The molecule has 0 fully saturated rings. The molecule has 0 spiro atoms. The predicted molar refractivity (Wildman–Crippen MR) is 82.6 cm³/mol. The summed E-state index contributed by atoms with van der Waals surface area (Å²) in [6.07, 6.45) is 0. The minimum absolute atomic E-state index is 0.146. The Morgan fingerprint density at radius 1 is 0.900 bits per heavy atom. The molecular formula is C18H22O2. The summed E-state index contributed by atoms with van der Waals surface area (Å²) >= 11 is 0. The van der Waals surface area contributed by atoms with Gasteiger partial charge in [0.1, 0.15) is 17.2 Å². The summed E-state index contributed by atoms with van der Waals surface area (Å²) in [6.45, 7) is 9.18. The van der Waals surface area contributed by atoms with Crippen LogP contribution in [0.3, 0.4) is 0 Å². The van der Waals surface area contributed by atoms with Crippen molar-refractivity contribution in [3.63, 3.8) is 0 Å². The Morgan fingerprint density at radius 3 is 2.30 bits per heavy atom. The van der Waals surface area contributed by atoms with Gasteiger partial charge in [0.25, 0.3) is 0 Å². The first-order valence-electron chi connectivity index (χ1n) is 6.90. The highest BCUT2D eigenvalue weighted by molar-refractivity contribution is 5.39. The van der Waals surface area contributed by atoms with Crippen molar-refractivity contribution in [1.82, 2.24) is 0 Å². The molecule has 106 valence electrons. The Kier molecular flexibility index (Phi) is 4.33. The van der Waals surface area contributed by atoms with Gasteiger partial charge in [-0.1, -0.05) is 45.0 Å². The number of benzene rings is 2. The maximum atomic E-state index is 5.90. The lowest BCUT2D eigenvalue weighted by Crippen LogP contribution is -2.16. The predicted octanol–water partition coefficient (Wildman–Crippen LogP) is 5.21. The van der Waals surface area contributed by atoms with Gasteiger partial charge in [0.15, 0.2) is 0 Å². The highest BCUT2D eigenvalue weighted by Crippen LogP contribution is 2.28. The van der Waals surface area contributed by atoms with Gasteiger partial charge in [0.2, 0.25) is 0 Å². The van der Waals surface area contributed by atoms with E-state index in [1.54, 1.807) is 0 Å². The fourth-order valence-electron chi connectivity index (χ4n) is 1.73. The Balaban J connectivity index is 2.08. The van der Waals surface area contributed by atoms with Crippen LogP contribution in [0.1, 0.15) is 26.3 Å². The summed E-state index contributed by atoms with van der Waals surface area (Å²) in [7, 11) is 0. The van der Waals surface area contributed by atoms with Gasteiger partial charge in [-0.2, -0.15) is 0 Å². The van der Waals surface area contributed by atoms with Crippen molar-refractivity contribution in [1.29, 1.82) is 0 Å². The molecule has 2 nitrogen and oxygen atoms in total. The molecule has 0 atom stereocenters. The van der Waals surface area contributed by atoms with Crippen LogP contribution in [0.4, 0.5) is 0 Å². The van der Waals surface area contributed by atoms with Crippen LogP contribution >= 0.6 is 0 Å². The first-order chi connectivity index (χ1) is 9.44. The van der Waals surface area contributed by atoms with E-state index in [9.17, 15) is 0 Å². The number of hydrogen-bond donors (Lipinski definition) is 0. The van der Waals surface area contributed by atoms with E-state index in [0.29, 0.717) is 6.61 Å². The zero-order chi connectivity index (χ0) is 14.6. The molecule has 0 aliphatic rings. The van der Waals surface area contributed by atoms with Crippen molar-refractivity contribution in [2.24, 2.45) is 5.41 Å². The lowest BCUT2D eigenvalue weighted by atomic mass is 9.99. The van der Waals surface area contributed by atoms with Crippen LogP contribution in [0, 0.1) is 12.3 Å². The fraction of sp³-hybridized carbons (Fsp3) is 0.333. The average Bonchev–Trinajstić information content (AvgIpc) is 2.39. The van der Waals surface area contributed by atoms with Gasteiger partial charge in [-0.05, 0) is 36.1 Å². The number of hydrogen-bond acceptors (Lipinski definition) is 2. The van der Waals surface area contributed by atoms with Crippen LogP contribution in [0.15, 0.2) is 48.5 Å². The Bertz CT molecular complexity index is 568. The third-order valence-electron chi connectivity index (χ3n) is 2.80. The summed E-state index contributed by atoms with van der Waals surface area (Å²) in [6, 6.07) is 15.8. The minimum atomic E-state index is 0.146. The van der Waals surface area contributed by atoms with E-state index in [-0.39, 0.29) is 5.41 Å². The second-order valence-electron chi connectivity index (χ2n) is 6.19. The van der Waals surface area contributed by atoms with Gasteiger partial charge in [0, 0.05) is 6.07 Å². The van der Waals surface area contributed by atoms with Crippen molar-refractivity contribution in [3.05, 3.63) is 54.1 Å². The monoisotopic (exact) mass is 270 g/mol. The first kappa shape index (κ1) is 14.4. The zero-order valence-electron chi connectivity index (χ0n) is 12.6. The molecule has 0 unspecified atom stereocenters. The van der Waals surface area contributed by atoms with Crippen LogP contribution < -0.4 is 9.47 Å². The molecule has 0 aromatic heterocycles. The number of para-hydroxylation sites is 1. The van der Waals surface area contributed by atoms with Gasteiger partial charge >= 0.3 is 0 Å². The lowest BCUT2D eigenvalue weighted by Gasteiger charge is -2.19. The molecule has 20 heavy (non-hydrogen) atoms. The van der Waals surface area contributed by atoms with Crippen LogP contribution in [0.2, 0.25) is 0 Å². The van der Waals surface area contributed by atoms with E-state index < -0.39 is 0 Å². The maximum absolute atomic E-state index is 5.90. The van der Waals surface area contributed by atoms with E-state index in [4.69, 9.17) is 9.47 Å².